The van der Waals surface area contributed by atoms with Gasteiger partial charge in [0.1, 0.15) is 0 Å². The van der Waals surface area contributed by atoms with Crippen molar-refractivity contribution >= 4 is 23.4 Å². The van der Waals surface area contributed by atoms with Gasteiger partial charge in [0.25, 0.3) is 0 Å². The summed E-state index contributed by atoms with van der Waals surface area (Å²) in [6, 6.07) is 6.67. The van der Waals surface area contributed by atoms with Gasteiger partial charge < -0.3 is 9.52 Å². The van der Waals surface area contributed by atoms with Crippen LogP contribution in [-0.2, 0) is 0 Å². The Bertz CT molecular complexity index is 516. The minimum absolute atomic E-state index is 0.0521. The number of benzene rings is 1. The zero-order valence-corrected chi connectivity index (χ0v) is 7.41. The van der Waals surface area contributed by atoms with Gasteiger partial charge in [-0.25, -0.2) is 4.79 Å². The van der Waals surface area contributed by atoms with Crippen LogP contribution in [0.1, 0.15) is 0 Å². The van der Waals surface area contributed by atoms with Crippen molar-refractivity contribution in [2.75, 3.05) is 0 Å². The van der Waals surface area contributed by atoms with Crippen LogP contribution in [-0.4, -0.2) is 5.11 Å². The van der Waals surface area contributed by atoms with Gasteiger partial charge in [0, 0.05) is 5.39 Å². The fraction of sp³-hybridized carbons (Fsp3) is 0. The number of hydrogen-bond donors (Lipinski definition) is 2. The van der Waals surface area contributed by atoms with Crippen LogP contribution in [0, 0.1) is 0 Å². The molecule has 0 spiro atoms. The predicted octanol–water partition coefficient (Wildman–Crippen LogP) is 1.79. The van der Waals surface area contributed by atoms with Gasteiger partial charge in [-0.15, -0.1) is 12.6 Å². The lowest BCUT2D eigenvalue weighted by Crippen LogP contribution is -1.99. The monoisotopic (exact) mass is 194 g/mol. The van der Waals surface area contributed by atoms with Crippen LogP contribution in [0.15, 0.2) is 38.6 Å². The number of hydrogen-bond acceptors (Lipinski definition) is 4. The summed E-state index contributed by atoms with van der Waals surface area (Å²) < 4.78 is 4.68. The molecule has 1 N–H and O–H groups in total. The second-order valence-corrected chi connectivity index (χ2v) is 3.00. The highest BCUT2D eigenvalue weighted by Gasteiger charge is 2.08. The summed E-state index contributed by atoms with van der Waals surface area (Å²) in [5.74, 6) is -0.0986. The molecule has 2 rings (SSSR count). The van der Waals surface area contributed by atoms with Crippen molar-refractivity contribution in [3.8, 4) is 5.75 Å². The summed E-state index contributed by atoms with van der Waals surface area (Å²) >= 11 is 3.83. The molecule has 0 saturated heterocycles. The van der Waals surface area contributed by atoms with E-state index in [1.54, 1.807) is 24.3 Å². The molecule has 1 aromatic heterocycles. The topological polar surface area (TPSA) is 50.4 Å². The van der Waals surface area contributed by atoms with Crippen molar-refractivity contribution in [1.82, 2.24) is 0 Å². The summed E-state index contributed by atoms with van der Waals surface area (Å²) in [6.07, 6.45) is 0. The quantitative estimate of drug-likeness (QED) is 0.628. The van der Waals surface area contributed by atoms with E-state index < -0.39 is 5.63 Å². The molecule has 0 unspecified atom stereocenters. The first-order valence-electron chi connectivity index (χ1n) is 3.64. The first kappa shape index (κ1) is 8.19. The largest absolute Gasteiger partial charge is 0.503 e. The molecule has 0 aliphatic carbocycles. The molecule has 2 aromatic rings. The van der Waals surface area contributed by atoms with Gasteiger partial charge in [0.05, 0.1) is 5.39 Å². The lowest BCUT2D eigenvalue weighted by molar-refractivity contribution is 0.367. The third-order valence-corrected chi connectivity index (χ3v) is 2.10. The van der Waals surface area contributed by atoms with Crippen LogP contribution in [0.25, 0.3) is 10.8 Å². The van der Waals surface area contributed by atoms with Crippen molar-refractivity contribution in [2.24, 2.45) is 0 Å². The summed E-state index contributed by atoms with van der Waals surface area (Å²) in [7, 11) is 0. The summed E-state index contributed by atoms with van der Waals surface area (Å²) in [6.45, 7) is 0. The normalized spacial score (nSPS) is 10.5. The van der Waals surface area contributed by atoms with Crippen molar-refractivity contribution < 1.29 is 9.52 Å². The molecule has 1 aromatic carbocycles. The van der Waals surface area contributed by atoms with E-state index in [-0.39, 0.29) is 10.8 Å². The number of thiol groups is 1. The SMILES string of the molecule is O=c1oc(S)c(O)c2ccccc12. The molecule has 0 atom stereocenters. The Morgan fingerprint density at radius 2 is 1.85 bits per heavy atom. The Morgan fingerprint density at radius 3 is 2.54 bits per heavy atom. The predicted molar refractivity (Wildman–Crippen MR) is 51.4 cm³/mol. The number of rotatable bonds is 0. The second kappa shape index (κ2) is 2.81. The zero-order chi connectivity index (χ0) is 9.42. The van der Waals surface area contributed by atoms with Gasteiger partial charge in [-0.1, -0.05) is 18.2 Å². The molecule has 4 heteroatoms. The maximum absolute atomic E-state index is 11.2. The standard InChI is InChI=1S/C9H6O3S/c10-7-5-3-1-2-4-6(5)8(11)12-9(7)13/h1-4,10,13H. The van der Waals surface area contributed by atoms with E-state index in [0.717, 1.165) is 0 Å². The third-order valence-electron chi connectivity index (χ3n) is 1.79. The maximum atomic E-state index is 11.2. The van der Waals surface area contributed by atoms with Crippen molar-refractivity contribution in [3.05, 3.63) is 34.7 Å². The lowest BCUT2D eigenvalue weighted by Gasteiger charge is -2.00. The van der Waals surface area contributed by atoms with E-state index in [4.69, 9.17) is 0 Å². The van der Waals surface area contributed by atoms with E-state index in [1.165, 1.54) is 0 Å². The molecule has 1 heterocycles. The van der Waals surface area contributed by atoms with Crippen molar-refractivity contribution in [3.63, 3.8) is 0 Å². The Labute approximate surface area is 79.0 Å². The van der Waals surface area contributed by atoms with Crippen LogP contribution in [0.5, 0.6) is 5.75 Å². The first-order chi connectivity index (χ1) is 6.20. The molecule has 0 radical (unpaired) electrons. The Kier molecular flexibility index (Phi) is 1.77. The van der Waals surface area contributed by atoms with Crippen LogP contribution >= 0.6 is 12.6 Å². The Morgan fingerprint density at radius 1 is 1.23 bits per heavy atom. The Hall–Kier alpha value is -1.42. The molecule has 3 nitrogen and oxygen atoms in total. The molecule has 0 saturated carbocycles. The van der Waals surface area contributed by atoms with Gasteiger partial charge in [-0.3, -0.25) is 0 Å². The molecule has 0 amide bonds. The third kappa shape index (κ3) is 1.19. The van der Waals surface area contributed by atoms with Crippen molar-refractivity contribution in [2.45, 2.75) is 5.09 Å². The summed E-state index contributed by atoms with van der Waals surface area (Å²) in [5.41, 5.74) is -0.488. The van der Waals surface area contributed by atoms with Crippen LogP contribution in [0.2, 0.25) is 0 Å². The van der Waals surface area contributed by atoms with Gasteiger partial charge in [0.2, 0.25) is 5.09 Å². The highest BCUT2D eigenvalue weighted by atomic mass is 32.1. The van der Waals surface area contributed by atoms with Gasteiger partial charge in [-0.05, 0) is 6.07 Å². The van der Waals surface area contributed by atoms with E-state index in [9.17, 15) is 9.90 Å². The fourth-order valence-electron chi connectivity index (χ4n) is 1.17. The molecule has 0 bridgehead atoms. The Balaban J connectivity index is 3.06. The smallest absolute Gasteiger partial charge is 0.344 e. The van der Waals surface area contributed by atoms with Crippen LogP contribution < -0.4 is 5.63 Å². The minimum atomic E-state index is -0.488. The summed E-state index contributed by atoms with van der Waals surface area (Å²) in [5, 5.41) is 10.2. The summed E-state index contributed by atoms with van der Waals surface area (Å²) in [4.78, 5) is 11.2. The van der Waals surface area contributed by atoms with E-state index >= 15 is 0 Å². The molecule has 0 aliphatic heterocycles. The average molecular weight is 194 g/mol. The highest BCUT2D eigenvalue weighted by Crippen LogP contribution is 2.27. The van der Waals surface area contributed by atoms with Crippen LogP contribution in [0.4, 0.5) is 0 Å². The van der Waals surface area contributed by atoms with Gasteiger partial charge in [0.15, 0.2) is 5.75 Å². The fourth-order valence-corrected chi connectivity index (χ4v) is 1.38. The van der Waals surface area contributed by atoms with E-state index in [1.807, 2.05) is 0 Å². The molecule has 0 aliphatic rings. The molecular formula is C9H6O3S. The number of fused-ring (bicyclic) bond motifs is 1. The lowest BCUT2D eigenvalue weighted by atomic mass is 10.2. The molecular weight excluding hydrogens is 188 g/mol. The number of aromatic hydroxyl groups is 1. The van der Waals surface area contributed by atoms with Gasteiger partial charge in [-0.2, -0.15) is 0 Å². The van der Waals surface area contributed by atoms with E-state index in [2.05, 4.69) is 17.0 Å². The maximum Gasteiger partial charge on any atom is 0.344 e. The molecule has 66 valence electrons. The van der Waals surface area contributed by atoms with Crippen molar-refractivity contribution in [1.29, 1.82) is 0 Å². The van der Waals surface area contributed by atoms with Gasteiger partial charge >= 0.3 is 5.63 Å². The highest BCUT2D eigenvalue weighted by molar-refractivity contribution is 7.80. The molecule has 13 heavy (non-hydrogen) atoms. The van der Waals surface area contributed by atoms with Crippen LogP contribution in [0.3, 0.4) is 0 Å². The second-order valence-electron chi connectivity index (χ2n) is 2.59. The average Bonchev–Trinajstić information content (AvgIpc) is 2.15. The minimum Gasteiger partial charge on any atom is -0.503 e. The zero-order valence-electron chi connectivity index (χ0n) is 6.52. The molecule has 0 fully saturated rings. The van der Waals surface area contributed by atoms with E-state index in [0.29, 0.717) is 10.8 Å². The first-order valence-corrected chi connectivity index (χ1v) is 4.08.